The van der Waals surface area contributed by atoms with Crippen LogP contribution in [0.2, 0.25) is 0 Å². The minimum absolute atomic E-state index is 0.0265. The standard InChI is InChI=1S/C22H20N4O5S2/c1-14-21(32-22(28)23-14)33(29,30)26-11-9-25(10-12-26)20(27)16-7-8-18-17(13-16)19(31-24-18)15-5-3-2-4-6-15/h2-8,13H,9-12H2,1H3,(H,23,28). The van der Waals surface area contributed by atoms with E-state index in [4.69, 9.17) is 4.52 Å². The number of rotatable bonds is 4. The van der Waals surface area contributed by atoms with Gasteiger partial charge in [-0.2, -0.15) is 4.31 Å². The van der Waals surface area contributed by atoms with Crippen molar-refractivity contribution in [3.05, 3.63) is 69.5 Å². The molecule has 1 aliphatic rings. The van der Waals surface area contributed by atoms with E-state index in [0.717, 1.165) is 10.9 Å². The van der Waals surface area contributed by atoms with E-state index in [-0.39, 0.29) is 36.3 Å². The molecule has 0 radical (unpaired) electrons. The van der Waals surface area contributed by atoms with Crippen LogP contribution in [0.25, 0.3) is 22.2 Å². The second-order valence-electron chi connectivity index (χ2n) is 7.73. The molecule has 0 spiro atoms. The highest BCUT2D eigenvalue weighted by Crippen LogP contribution is 2.30. The summed E-state index contributed by atoms with van der Waals surface area (Å²) in [4.78, 5) is 28.4. The van der Waals surface area contributed by atoms with Gasteiger partial charge in [-0.15, -0.1) is 0 Å². The Morgan fingerprint density at radius 1 is 1.09 bits per heavy atom. The van der Waals surface area contributed by atoms with Gasteiger partial charge in [-0.1, -0.05) is 46.8 Å². The molecule has 9 nitrogen and oxygen atoms in total. The SMILES string of the molecule is Cc1[nH]c(=O)sc1S(=O)(=O)N1CCN(C(=O)c2ccc3noc(-c4ccccc4)c3c2)CC1. The Morgan fingerprint density at radius 3 is 2.48 bits per heavy atom. The Balaban J connectivity index is 1.35. The number of aromatic nitrogens is 2. The maximum atomic E-state index is 13.2. The lowest BCUT2D eigenvalue weighted by molar-refractivity contribution is 0.0698. The van der Waals surface area contributed by atoms with E-state index in [1.807, 2.05) is 30.3 Å². The molecule has 0 unspecified atom stereocenters. The largest absolute Gasteiger partial charge is 0.355 e. The highest BCUT2D eigenvalue weighted by atomic mass is 32.2. The highest BCUT2D eigenvalue weighted by molar-refractivity contribution is 7.91. The van der Waals surface area contributed by atoms with Crippen LogP contribution in [0.15, 0.2) is 62.1 Å². The number of aromatic amines is 1. The zero-order chi connectivity index (χ0) is 23.2. The Bertz CT molecular complexity index is 1500. The average molecular weight is 485 g/mol. The van der Waals surface area contributed by atoms with Crippen LogP contribution >= 0.6 is 11.3 Å². The number of fused-ring (bicyclic) bond motifs is 1. The van der Waals surface area contributed by atoms with Crippen molar-refractivity contribution in [2.24, 2.45) is 0 Å². The number of nitrogens with one attached hydrogen (secondary N) is 1. The fraction of sp³-hybridized carbons (Fsp3) is 0.227. The molecule has 1 amide bonds. The van der Waals surface area contributed by atoms with Crippen molar-refractivity contribution < 1.29 is 17.7 Å². The Morgan fingerprint density at radius 2 is 1.82 bits per heavy atom. The smallest absolute Gasteiger partial charge is 0.305 e. The molecule has 1 saturated heterocycles. The maximum Gasteiger partial charge on any atom is 0.305 e. The third kappa shape index (κ3) is 3.88. The van der Waals surface area contributed by atoms with Gasteiger partial charge in [0.15, 0.2) is 9.97 Å². The van der Waals surface area contributed by atoms with E-state index in [0.29, 0.717) is 33.9 Å². The molecular weight excluding hydrogens is 464 g/mol. The molecule has 3 heterocycles. The summed E-state index contributed by atoms with van der Waals surface area (Å²) in [7, 11) is -3.78. The second kappa shape index (κ2) is 8.25. The fourth-order valence-electron chi connectivity index (χ4n) is 3.94. The molecule has 5 rings (SSSR count). The topological polar surface area (TPSA) is 117 Å². The maximum absolute atomic E-state index is 13.2. The first-order valence-corrected chi connectivity index (χ1v) is 12.5. The van der Waals surface area contributed by atoms with Crippen molar-refractivity contribution in [2.75, 3.05) is 26.2 Å². The van der Waals surface area contributed by atoms with E-state index < -0.39 is 14.9 Å². The molecule has 2 aromatic heterocycles. The molecule has 1 fully saturated rings. The van der Waals surface area contributed by atoms with E-state index in [1.165, 1.54) is 4.31 Å². The predicted molar refractivity (Wildman–Crippen MR) is 124 cm³/mol. The van der Waals surface area contributed by atoms with Crippen LogP contribution in [0.1, 0.15) is 16.1 Å². The van der Waals surface area contributed by atoms with Gasteiger partial charge >= 0.3 is 4.87 Å². The van der Waals surface area contributed by atoms with Crippen molar-refractivity contribution in [1.29, 1.82) is 0 Å². The summed E-state index contributed by atoms with van der Waals surface area (Å²) in [5.41, 5.74) is 2.34. The molecule has 2 aromatic carbocycles. The van der Waals surface area contributed by atoms with Gasteiger partial charge < -0.3 is 14.4 Å². The average Bonchev–Trinajstić information content (AvgIpc) is 3.41. The number of hydrogen-bond donors (Lipinski definition) is 1. The summed E-state index contributed by atoms with van der Waals surface area (Å²) in [5, 5.41) is 4.83. The molecule has 170 valence electrons. The third-order valence-corrected chi connectivity index (χ3v) is 9.12. The Kier molecular flexibility index (Phi) is 5.39. The summed E-state index contributed by atoms with van der Waals surface area (Å²) in [6, 6.07) is 14.8. The van der Waals surface area contributed by atoms with Gasteiger partial charge in [0.2, 0.25) is 0 Å². The van der Waals surface area contributed by atoms with Gasteiger partial charge in [-0.25, -0.2) is 8.42 Å². The van der Waals surface area contributed by atoms with Gasteiger partial charge in [0.05, 0.1) is 5.39 Å². The normalized spacial score (nSPS) is 15.2. The minimum Gasteiger partial charge on any atom is -0.355 e. The first-order chi connectivity index (χ1) is 15.8. The summed E-state index contributed by atoms with van der Waals surface area (Å²) >= 11 is 0.684. The molecule has 1 N–H and O–H groups in total. The summed E-state index contributed by atoms with van der Waals surface area (Å²) in [6.07, 6.45) is 0. The lowest BCUT2D eigenvalue weighted by Gasteiger charge is -2.33. The molecule has 0 atom stereocenters. The number of amides is 1. The van der Waals surface area contributed by atoms with E-state index in [1.54, 1.807) is 30.0 Å². The number of thiazole rings is 1. The van der Waals surface area contributed by atoms with Gasteiger partial charge in [0, 0.05) is 43.0 Å². The molecule has 0 saturated carbocycles. The Hall–Kier alpha value is -3.28. The number of carbonyl (C=O) groups is 1. The van der Waals surface area contributed by atoms with Crippen molar-refractivity contribution in [3.8, 4) is 11.3 Å². The van der Waals surface area contributed by atoms with E-state index in [2.05, 4.69) is 10.1 Å². The van der Waals surface area contributed by atoms with Crippen LogP contribution in [0.3, 0.4) is 0 Å². The number of aryl methyl sites for hydroxylation is 1. The quantitative estimate of drug-likeness (QED) is 0.476. The molecule has 4 aromatic rings. The van der Waals surface area contributed by atoms with Gasteiger partial charge in [-0.05, 0) is 25.1 Å². The predicted octanol–water partition coefficient (Wildman–Crippen LogP) is 2.70. The van der Waals surface area contributed by atoms with Crippen LogP contribution < -0.4 is 4.87 Å². The number of hydrogen-bond acceptors (Lipinski definition) is 7. The van der Waals surface area contributed by atoms with Crippen molar-refractivity contribution in [2.45, 2.75) is 11.1 Å². The summed E-state index contributed by atoms with van der Waals surface area (Å²) in [5.74, 6) is 0.411. The molecule has 1 aliphatic heterocycles. The first-order valence-electron chi connectivity index (χ1n) is 10.3. The van der Waals surface area contributed by atoms with Crippen LogP contribution in [0.5, 0.6) is 0 Å². The number of carbonyl (C=O) groups excluding carboxylic acids is 1. The van der Waals surface area contributed by atoms with Crippen molar-refractivity contribution in [1.82, 2.24) is 19.3 Å². The van der Waals surface area contributed by atoms with Gasteiger partial charge in [-0.3, -0.25) is 9.59 Å². The zero-order valence-electron chi connectivity index (χ0n) is 17.6. The monoisotopic (exact) mass is 484 g/mol. The zero-order valence-corrected chi connectivity index (χ0v) is 19.3. The second-order valence-corrected chi connectivity index (χ2v) is 10.8. The van der Waals surface area contributed by atoms with E-state index >= 15 is 0 Å². The van der Waals surface area contributed by atoms with Crippen LogP contribution in [-0.2, 0) is 10.0 Å². The molecule has 33 heavy (non-hydrogen) atoms. The minimum atomic E-state index is -3.78. The van der Waals surface area contributed by atoms with Crippen LogP contribution in [-0.4, -0.2) is 59.8 Å². The number of benzene rings is 2. The summed E-state index contributed by atoms with van der Waals surface area (Å²) in [6.45, 7) is 2.39. The Labute approximate surface area is 193 Å². The number of sulfonamides is 1. The van der Waals surface area contributed by atoms with Crippen molar-refractivity contribution >= 4 is 38.2 Å². The highest BCUT2D eigenvalue weighted by Gasteiger charge is 2.33. The number of piperazine rings is 1. The first kappa shape index (κ1) is 21.6. The molecule has 11 heteroatoms. The van der Waals surface area contributed by atoms with Crippen molar-refractivity contribution in [3.63, 3.8) is 0 Å². The van der Waals surface area contributed by atoms with Crippen LogP contribution in [0.4, 0.5) is 0 Å². The van der Waals surface area contributed by atoms with E-state index in [9.17, 15) is 18.0 Å². The van der Waals surface area contributed by atoms with Gasteiger partial charge in [0.1, 0.15) is 5.52 Å². The lowest BCUT2D eigenvalue weighted by atomic mass is 10.1. The number of nitrogens with zero attached hydrogens (tertiary/aromatic N) is 3. The lowest BCUT2D eigenvalue weighted by Crippen LogP contribution is -2.50. The number of H-pyrrole nitrogens is 1. The molecule has 0 aliphatic carbocycles. The molecular formula is C22H20N4O5S2. The molecule has 0 bridgehead atoms. The van der Waals surface area contributed by atoms with Gasteiger partial charge in [0.25, 0.3) is 15.9 Å². The summed E-state index contributed by atoms with van der Waals surface area (Å²) < 4.78 is 32.7. The van der Waals surface area contributed by atoms with Crippen LogP contribution in [0, 0.1) is 6.92 Å². The third-order valence-electron chi connectivity index (χ3n) is 5.64. The fourth-order valence-corrected chi connectivity index (χ4v) is 6.80.